The van der Waals surface area contributed by atoms with Gasteiger partial charge >= 0.3 is 0 Å². The number of allylic oxidation sites excluding steroid dienone is 1. The molecule has 0 aromatic carbocycles. The van der Waals surface area contributed by atoms with Gasteiger partial charge in [-0.3, -0.25) is 9.69 Å². The highest BCUT2D eigenvalue weighted by molar-refractivity contribution is 6.74. The van der Waals surface area contributed by atoms with Crippen LogP contribution in [0, 0.1) is 29.1 Å². The lowest BCUT2D eigenvalue weighted by molar-refractivity contribution is -0.203. The Bertz CT molecular complexity index is 843. The van der Waals surface area contributed by atoms with Crippen molar-refractivity contribution in [2.24, 2.45) is 29.1 Å². The number of hydrogen-bond donors (Lipinski definition) is 1. The van der Waals surface area contributed by atoms with Crippen LogP contribution < -0.4 is 0 Å². The van der Waals surface area contributed by atoms with Crippen molar-refractivity contribution in [3.63, 3.8) is 0 Å². The second kappa shape index (κ2) is 7.75. The van der Waals surface area contributed by atoms with Crippen molar-refractivity contribution >= 4 is 14.1 Å². The highest BCUT2D eigenvalue weighted by Gasteiger charge is 2.71. The number of nitrogens with zero attached hydrogens (tertiary/aromatic N) is 1. The van der Waals surface area contributed by atoms with Gasteiger partial charge in [0.2, 0.25) is 0 Å². The first kappa shape index (κ1) is 24.2. The van der Waals surface area contributed by atoms with E-state index in [0.717, 1.165) is 45.3 Å². The predicted molar refractivity (Wildman–Crippen MR) is 136 cm³/mol. The van der Waals surface area contributed by atoms with Crippen LogP contribution >= 0.6 is 0 Å². The van der Waals surface area contributed by atoms with Crippen LogP contribution in [0.4, 0.5) is 0 Å². The van der Waals surface area contributed by atoms with Crippen molar-refractivity contribution in [1.82, 2.24) is 4.90 Å². The second-order valence-corrected chi connectivity index (χ2v) is 18.8. The summed E-state index contributed by atoms with van der Waals surface area (Å²) in [4.78, 5) is 15.2. The molecule has 0 amide bonds. The molecule has 5 aliphatic rings. The minimum atomic E-state index is -1.75. The van der Waals surface area contributed by atoms with Gasteiger partial charge in [-0.05, 0) is 93.0 Å². The molecule has 0 unspecified atom stereocenters. The summed E-state index contributed by atoms with van der Waals surface area (Å²) in [6.07, 6.45) is 9.27. The van der Waals surface area contributed by atoms with E-state index >= 15 is 0 Å². The topological polar surface area (TPSA) is 49.8 Å². The Labute approximate surface area is 202 Å². The van der Waals surface area contributed by atoms with E-state index in [-0.39, 0.29) is 22.4 Å². The molecule has 1 N–H and O–H groups in total. The van der Waals surface area contributed by atoms with Crippen LogP contribution in [0.5, 0.6) is 0 Å². The van der Waals surface area contributed by atoms with Gasteiger partial charge in [0.1, 0.15) is 0 Å². The van der Waals surface area contributed by atoms with Crippen molar-refractivity contribution in [3.8, 4) is 0 Å². The number of carbonyl (C=O) groups excluding carboxylic acids is 1. The van der Waals surface area contributed by atoms with Crippen LogP contribution in [0.1, 0.15) is 79.6 Å². The van der Waals surface area contributed by atoms with E-state index in [1.54, 1.807) is 0 Å². The first-order chi connectivity index (χ1) is 15.3. The van der Waals surface area contributed by atoms with Crippen molar-refractivity contribution in [2.75, 3.05) is 13.2 Å². The lowest BCUT2D eigenvalue weighted by Gasteiger charge is -2.63. The zero-order chi connectivity index (χ0) is 24.0. The minimum absolute atomic E-state index is 0.0452. The Morgan fingerprint density at radius 2 is 1.97 bits per heavy atom. The number of ketones is 1. The van der Waals surface area contributed by atoms with Crippen LogP contribution in [0.3, 0.4) is 0 Å². The molecule has 2 heterocycles. The van der Waals surface area contributed by atoms with Gasteiger partial charge in [0, 0.05) is 43.0 Å². The predicted octanol–water partition coefficient (Wildman–Crippen LogP) is 5.56. The Morgan fingerprint density at radius 3 is 2.67 bits per heavy atom. The lowest BCUT2D eigenvalue weighted by Crippen LogP contribution is -2.71. The largest absolute Gasteiger partial charge is 0.417 e. The zero-order valence-corrected chi connectivity index (χ0v) is 23.1. The maximum Gasteiger partial charge on any atom is 0.191 e. The maximum atomic E-state index is 12.4. The van der Waals surface area contributed by atoms with Crippen LogP contribution in [-0.4, -0.2) is 54.9 Å². The Morgan fingerprint density at radius 1 is 1.24 bits per heavy atom. The molecule has 186 valence electrons. The van der Waals surface area contributed by atoms with Crippen LogP contribution in [0.25, 0.3) is 0 Å². The highest BCUT2D eigenvalue weighted by Crippen LogP contribution is 2.67. The fourth-order valence-corrected chi connectivity index (χ4v) is 9.73. The number of carbonyl (C=O) groups is 1. The smallest absolute Gasteiger partial charge is 0.191 e. The van der Waals surface area contributed by atoms with Crippen molar-refractivity contribution < 1.29 is 14.3 Å². The zero-order valence-electron chi connectivity index (χ0n) is 22.1. The van der Waals surface area contributed by atoms with Gasteiger partial charge in [-0.25, -0.2) is 0 Å². The summed E-state index contributed by atoms with van der Waals surface area (Å²) in [6.45, 7) is 18.2. The molecule has 8 atom stereocenters. The van der Waals surface area contributed by atoms with E-state index < -0.39 is 13.9 Å². The number of hydrogen-bond acceptors (Lipinski definition) is 4. The molecule has 4 nitrogen and oxygen atoms in total. The number of rotatable bonds is 5. The molecule has 0 spiro atoms. The normalized spacial score (nSPS) is 45.1. The summed E-state index contributed by atoms with van der Waals surface area (Å²) in [5.74, 6) is 2.33. The summed E-state index contributed by atoms with van der Waals surface area (Å²) in [5, 5.41) is 12.7. The molecule has 0 radical (unpaired) electrons. The van der Waals surface area contributed by atoms with Gasteiger partial charge in [-0.2, -0.15) is 0 Å². The summed E-state index contributed by atoms with van der Waals surface area (Å²) in [6, 6.07) is 0.726. The van der Waals surface area contributed by atoms with Gasteiger partial charge in [0.25, 0.3) is 0 Å². The first-order valence-corrected chi connectivity index (χ1v) is 16.6. The molecule has 2 saturated heterocycles. The summed E-state index contributed by atoms with van der Waals surface area (Å²) >= 11 is 0. The van der Waals surface area contributed by atoms with E-state index in [4.69, 9.17) is 4.43 Å². The molecule has 0 aromatic heterocycles. The number of fused-ring (bicyclic) bond motifs is 4. The van der Waals surface area contributed by atoms with E-state index in [1.807, 2.05) is 6.08 Å². The molecule has 5 heteroatoms. The van der Waals surface area contributed by atoms with Crippen LogP contribution in [0.15, 0.2) is 11.6 Å². The van der Waals surface area contributed by atoms with Gasteiger partial charge in [0.05, 0.1) is 5.60 Å². The SMILES string of the molecule is C[C@@H]1CN2[C@H]3[C@@H]1CC[C@@]3(CCCO[Si](C)(C)C(C)(C)C)[C@](C)(O)[C@@H]1CC[C@H]3CC(=O)C=C3[C@@H]12. The fraction of sp³-hybridized carbons (Fsp3) is 0.893. The van der Waals surface area contributed by atoms with Gasteiger partial charge in [-0.1, -0.05) is 27.7 Å². The quantitative estimate of drug-likeness (QED) is 0.419. The van der Waals surface area contributed by atoms with Crippen molar-refractivity contribution in [1.29, 1.82) is 0 Å². The summed E-state index contributed by atoms with van der Waals surface area (Å²) < 4.78 is 6.56. The fourth-order valence-electron chi connectivity index (χ4n) is 8.65. The maximum absolute atomic E-state index is 12.4. The molecular weight excluding hydrogens is 426 g/mol. The molecule has 2 aliphatic heterocycles. The average Bonchev–Trinajstić information content (AvgIpc) is 3.37. The van der Waals surface area contributed by atoms with E-state index in [9.17, 15) is 9.90 Å². The Balaban J connectivity index is 1.42. The molecule has 0 aromatic rings. The van der Waals surface area contributed by atoms with E-state index in [1.165, 1.54) is 12.0 Å². The van der Waals surface area contributed by atoms with Crippen molar-refractivity contribution in [3.05, 3.63) is 11.6 Å². The molecule has 33 heavy (non-hydrogen) atoms. The van der Waals surface area contributed by atoms with Crippen LogP contribution in [-0.2, 0) is 9.22 Å². The number of piperidine rings is 1. The number of aliphatic hydroxyl groups is 1. The lowest BCUT2D eigenvalue weighted by atomic mass is 9.52. The second-order valence-electron chi connectivity index (χ2n) is 14.0. The minimum Gasteiger partial charge on any atom is -0.417 e. The summed E-state index contributed by atoms with van der Waals surface area (Å²) in [5.41, 5.74) is 0.633. The third kappa shape index (κ3) is 3.42. The standard InChI is InChI=1S/C28H47NO3Si/c1-18-17-29-24-22-16-20(30)15-19(22)9-10-23(24)27(5,31)28(13-11-21(18)25(28)29)12-8-14-32-33(6,7)26(2,3)4/h16,18-19,21,23-25,31H,8-15,17H2,1-7H3/t18-,19+,21-,23-,24+,25+,27-,28-/m1/s1. The van der Waals surface area contributed by atoms with Gasteiger partial charge in [0.15, 0.2) is 14.1 Å². The molecule has 5 rings (SSSR count). The molecule has 3 aliphatic carbocycles. The van der Waals surface area contributed by atoms with E-state index in [2.05, 4.69) is 52.6 Å². The molecular formula is C28H47NO3Si. The van der Waals surface area contributed by atoms with Gasteiger partial charge in [-0.15, -0.1) is 0 Å². The highest BCUT2D eigenvalue weighted by atomic mass is 28.4. The van der Waals surface area contributed by atoms with Gasteiger partial charge < -0.3 is 9.53 Å². The van der Waals surface area contributed by atoms with Crippen LogP contribution in [0.2, 0.25) is 18.1 Å². The Hall–Kier alpha value is -0.493. The first-order valence-electron chi connectivity index (χ1n) is 13.7. The van der Waals surface area contributed by atoms with Crippen molar-refractivity contribution in [2.45, 2.75) is 115 Å². The molecule has 0 bridgehead atoms. The average molecular weight is 474 g/mol. The Kier molecular flexibility index (Phi) is 5.69. The molecule has 2 saturated carbocycles. The summed E-state index contributed by atoms with van der Waals surface area (Å²) in [7, 11) is -1.75. The monoisotopic (exact) mass is 473 g/mol. The molecule has 4 fully saturated rings. The van der Waals surface area contributed by atoms with E-state index in [0.29, 0.717) is 36.0 Å². The third-order valence-electron chi connectivity index (χ3n) is 11.4. The third-order valence-corrected chi connectivity index (χ3v) is 15.9.